The molecule has 30 heavy (non-hydrogen) atoms. The molecule has 0 saturated carbocycles. The van der Waals surface area contributed by atoms with Gasteiger partial charge >= 0.3 is 0 Å². The van der Waals surface area contributed by atoms with Gasteiger partial charge in [-0.3, -0.25) is 14.4 Å². The largest absolute Gasteiger partial charge is 0.341 e. The lowest BCUT2D eigenvalue weighted by Crippen LogP contribution is -2.37. The maximum Gasteiger partial charge on any atom is 0.296 e. The number of amides is 2. The number of likely N-dealkylation sites (tertiary alicyclic amines) is 1. The fraction of sp³-hybridized carbons (Fsp3) is 0.261. The summed E-state index contributed by atoms with van der Waals surface area (Å²) in [6.45, 7) is 1.71. The molecule has 1 aliphatic heterocycles. The summed E-state index contributed by atoms with van der Waals surface area (Å²) in [5, 5.41) is 3.31. The number of fused-ring (bicyclic) bond motifs is 1. The second-order valence-corrected chi connectivity index (χ2v) is 8.34. The van der Waals surface area contributed by atoms with E-state index in [-0.39, 0.29) is 12.5 Å². The Kier molecular flexibility index (Phi) is 5.99. The highest BCUT2D eigenvalue weighted by Crippen LogP contribution is 2.23. The van der Waals surface area contributed by atoms with Crippen molar-refractivity contribution in [3.63, 3.8) is 0 Å². The third kappa shape index (κ3) is 4.31. The fourth-order valence-corrected chi connectivity index (χ4v) is 4.22. The number of benzene rings is 2. The number of carbonyl (C=O) groups excluding carboxylic acids is 3. The lowest BCUT2D eigenvalue weighted by atomic mass is 10.1. The summed E-state index contributed by atoms with van der Waals surface area (Å²) in [5.41, 5.74) is 1.60. The van der Waals surface area contributed by atoms with E-state index in [1.165, 1.54) is 0 Å². The van der Waals surface area contributed by atoms with Gasteiger partial charge in [-0.2, -0.15) is 0 Å². The normalized spacial score (nSPS) is 14.0. The molecule has 2 aromatic carbocycles. The zero-order chi connectivity index (χ0) is 21.1. The van der Waals surface area contributed by atoms with Crippen molar-refractivity contribution in [2.75, 3.05) is 18.4 Å². The summed E-state index contributed by atoms with van der Waals surface area (Å²) in [7, 11) is 0. The van der Waals surface area contributed by atoms with Crippen LogP contribution in [0.15, 0.2) is 59.2 Å². The predicted octanol–water partition coefficient (Wildman–Crippen LogP) is 4.24. The van der Waals surface area contributed by atoms with E-state index in [1.807, 2.05) is 29.2 Å². The summed E-state index contributed by atoms with van der Waals surface area (Å²) in [6.07, 6.45) is 4.83. The Morgan fingerprint density at radius 1 is 0.967 bits per heavy atom. The lowest BCUT2D eigenvalue weighted by molar-refractivity contribution is -0.132. The Morgan fingerprint density at radius 3 is 2.50 bits per heavy atom. The Bertz CT molecular complexity index is 1120. The first-order valence-corrected chi connectivity index (χ1v) is 10.8. The Morgan fingerprint density at radius 2 is 1.73 bits per heavy atom. The topological polar surface area (TPSA) is 71.4 Å². The minimum Gasteiger partial charge on any atom is -0.341 e. The van der Waals surface area contributed by atoms with Gasteiger partial charge in [0.2, 0.25) is 5.91 Å². The number of Topliss-reactive ketones (excluding diaryl/α,β-unsaturated/α-hetero) is 1. The molecule has 0 aliphatic carbocycles. The van der Waals surface area contributed by atoms with Crippen molar-refractivity contribution < 1.29 is 14.4 Å². The second kappa shape index (κ2) is 8.83. The van der Waals surface area contributed by atoms with Crippen LogP contribution in [0.5, 0.6) is 0 Å². The summed E-state index contributed by atoms with van der Waals surface area (Å²) in [4.78, 5) is 40.1. The van der Waals surface area contributed by atoms with E-state index in [0.717, 1.165) is 42.3 Å². The smallest absolute Gasteiger partial charge is 0.296 e. The predicted molar refractivity (Wildman–Crippen MR) is 119 cm³/mol. The average Bonchev–Trinajstić information content (AvgIpc) is 3.12. The fourth-order valence-electron chi connectivity index (χ4n) is 3.82. The van der Waals surface area contributed by atoms with Crippen molar-refractivity contribution >= 4 is 50.1 Å². The summed E-state index contributed by atoms with van der Waals surface area (Å²) in [6, 6.07) is 14.4. The van der Waals surface area contributed by atoms with E-state index in [1.54, 1.807) is 35.0 Å². The van der Waals surface area contributed by atoms with Crippen molar-refractivity contribution in [2.24, 2.45) is 0 Å². The number of nitrogens with one attached hydrogen (secondary N) is 1. The minimum atomic E-state index is -0.710. The van der Waals surface area contributed by atoms with Gasteiger partial charge in [-0.1, -0.05) is 40.2 Å². The molecule has 0 atom stereocenters. The van der Waals surface area contributed by atoms with E-state index in [2.05, 4.69) is 21.2 Å². The van der Waals surface area contributed by atoms with Crippen LogP contribution in [0.25, 0.3) is 10.9 Å². The number of nitrogens with zero attached hydrogens (tertiary/aromatic N) is 2. The average molecular weight is 468 g/mol. The van der Waals surface area contributed by atoms with Gasteiger partial charge in [0.1, 0.15) is 6.54 Å². The Labute approximate surface area is 183 Å². The molecule has 4 rings (SSSR count). The summed E-state index contributed by atoms with van der Waals surface area (Å²) >= 11 is 3.35. The summed E-state index contributed by atoms with van der Waals surface area (Å²) < 4.78 is 2.58. The van der Waals surface area contributed by atoms with E-state index >= 15 is 0 Å². The van der Waals surface area contributed by atoms with E-state index in [4.69, 9.17) is 0 Å². The van der Waals surface area contributed by atoms with Crippen LogP contribution >= 0.6 is 15.9 Å². The SMILES string of the molecule is O=C(Nc1cccc(Br)c1)C(=O)c1cn(CC(=O)N2CCCCC2)c2ccccc12. The molecule has 0 unspecified atom stereocenters. The first kappa shape index (κ1) is 20.3. The maximum absolute atomic E-state index is 12.9. The minimum absolute atomic E-state index is 0.0352. The van der Waals surface area contributed by atoms with Crippen LogP contribution in [0.1, 0.15) is 29.6 Å². The monoisotopic (exact) mass is 467 g/mol. The van der Waals surface area contributed by atoms with E-state index < -0.39 is 11.7 Å². The number of halogens is 1. The van der Waals surface area contributed by atoms with Crippen molar-refractivity contribution in [1.82, 2.24) is 9.47 Å². The second-order valence-electron chi connectivity index (χ2n) is 7.42. The molecule has 2 amide bonds. The zero-order valence-corrected chi connectivity index (χ0v) is 18.0. The molecule has 1 aliphatic rings. The van der Waals surface area contributed by atoms with Crippen LogP contribution in [0.3, 0.4) is 0 Å². The number of ketones is 1. The van der Waals surface area contributed by atoms with Gasteiger partial charge in [0.05, 0.1) is 5.56 Å². The van der Waals surface area contributed by atoms with Gasteiger partial charge in [0.15, 0.2) is 0 Å². The highest BCUT2D eigenvalue weighted by atomic mass is 79.9. The Hall–Kier alpha value is -2.93. The molecule has 1 N–H and O–H groups in total. The molecular weight excluding hydrogens is 446 g/mol. The zero-order valence-electron chi connectivity index (χ0n) is 16.4. The molecule has 0 radical (unpaired) electrons. The first-order valence-electron chi connectivity index (χ1n) is 10.00. The number of piperidine rings is 1. The van der Waals surface area contributed by atoms with Gasteiger partial charge in [-0.15, -0.1) is 0 Å². The van der Waals surface area contributed by atoms with Crippen molar-refractivity contribution in [2.45, 2.75) is 25.8 Å². The number of rotatable bonds is 5. The molecule has 1 saturated heterocycles. The van der Waals surface area contributed by atoms with Gasteiger partial charge < -0.3 is 14.8 Å². The van der Waals surface area contributed by atoms with E-state index in [0.29, 0.717) is 16.6 Å². The van der Waals surface area contributed by atoms with Crippen LogP contribution in [-0.2, 0) is 16.1 Å². The van der Waals surface area contributed by atoms with Crippen molar-refractivity contribution in [3.05, 3.63) is 64.8 Å². The highest BCUT2D eigenvalue weighted by Gasteiger charge is 2.23. The number of anilines is 1. The molecule has 3 aromatic rings. The van der Waals surface area contributed by atoms with Crippen LogP contribution in [-0.4, -0.2) is 40.2 Å². The summed E-state index contributed by atoms with van der Waals surface area (Å²) in [5.74, 6) is -1.30. The standard InChI is InChI=1S/C23H22BrN3O3/c24-16-7-6-8-17(13-16)25-23(30)22(29)19-14-27(20-10-3-2-9-18(19)20)15-21(28)26-11-4-1-5-12-26/h2-3,6-10,13-14H,1,4-5,11-12,15H2,(H,25,30). The third-order valence-electron chi connectivity index (χ3n) is 5.34. The molecule has 154 valence electrons. The van der Waals surface area contributed by atoms with Crippen LogP contribution in [0.2, 0.25) is 0 Å². The molecular formula is C23H22BrN3O3. The van der Waals surface area contributed by atoms with E-state index in [9.17, 15) is 14.4 Å². The molecule has 1 aromatic heterocycles. The quantitative estimate of drug-likeness (QED) is 0.450. The lowest BCUT2D eigenvalue weighted by Gasteiger charge is -2.27. The number of hydrogen-bond donors (Lipinski definition) is 1. The Balaban J connectivity index is 1.58. The van der Waals surface area contributed by atoms with Crippen molar-refractivity contribution in [3.8, 4) is 0 Å². The van der Waals surface area contributed by atoms with Gasteiger partial charge in [-0.05, 0) is 43.5 Å². The molecule has 1 fully saturated rings. The molecule has 6 nitrogen and oxygen atoms in total. The number of para-hydroxylation sites is 1. The number of aromatic nitrogens is 1. The van der Waals surface area contributed by atoms with Crippen LogP contribution < -0.4 is 5.32 Å². The van der Waals surface area contributed by atoms with Crippen LogP contribution in [0, 0.1) is 0 Å². The van der Waals surface area contributed by atoms with Gasteiger partial charge in [0, 0.05) is 40.3 Å². The number of carbonyl (C=O) groups is 3. The van der Waals surface area contributed by atoms with Gasteiger partial charge in [-0.25, -0.2) is 0 Å². The van der Waals surface area contributed by atoms with Crippen molar-refractivity contribution in [1.29, 1.82) is 0 Å². The highest BCUT2D eigenvalue weighted by molar-refractivity contribution is 9.10. The maximum atomic E-state index is 12.9. The molecule has 2 heterocycles. The molecule has 7 heteroatoms. The van der Waals surface area contributed by atoms with Crippen LogP contribution in [0.4, 0.5) is 5.69 Å². The number of hydrogen-bond acceptors (Lipinski definition) is 3. The molecule has 0 spiro atoms. The van der Waals surface area contributed by atoms with Gasteiger partial charge in [0.25, 0.3) is 11.7 Å². The first-order chi connectivity index (χ1) is 14.5. The third-order valence-corrected chi connectivity index (χ3v) is 5.83. The molecule has 0 bridgehead atoms.